The number of hydrogen-bond donors (Lipinski definition) is 1. The van der Waals surface area contributed by atoms with Gasteiger partial charge in [0.15, 0.2) is 0 Å². The second-order valence-electron chi connectivity index (χ2n) is 4.65. The summed E-state index contributed by atoms with van der Waals surface area (Å²) in [5.41, 5.74) is 6.58. The van der Waals surface area contributed by atoms with Gasteiger partial charge in [-0.25, -0.2) is 0 Å². The van der Waals surface area contributed by atoms with Crippen molar-refractivity contribution in [2.45, 2.75) is 12.5 Å². The summed E-state index contributed by atoms with van der Waals surface area (Å²) >= 11 is 12.4. The van der Waals surface area contributed by atoms with E-state index in [1.165, 1.54) is 11.3 Å². The van der Waals surface area contributed by atoms with Crippen molar-refractivity contribution in [3.63, 3.8) is 0 Å². The van der Waals surface area contributed by atoms with E-state index in [-0.39, 0.29) is 10.9 Å². The summed E-state index contributed by atoms with van der Waals surface area (Å²) < 4.78 is 0.708. The third-order valence-electron chi connectivity index (χ3n) is 3.06. The number of rotatable bonds is 5. The SMILES string of the molecule is CN(Cc1ccc(Cl)s1)C(=O)C(C(N)=S)c1ccccc1. The Morgan fingerprint density at radius 3 is 2.52 bits per heavy atom. The Morgan fingerprint density at radius 2 is 2.00 bits per heavy atom. The molecule has 3 nitrogen and oxygen atoms in total. The third-order valence-corrected chi connectivity index (χ3v) is 4.51. The highest BCUT2D eigenvalue weighted by molar-refractivity contribution is 7.80. The number of nitrogens with zero attached hydrogens (tertiary/aromatic N) is 1. The lowest BCUT2D eigenvalue weighted by molar-refractivity contribution is -0.130. The first-order valence-electron chi connectivity index (χ1n) is 6.32. The van der Waals surface area contributed by atoms with E-state index in [9.17, 15) is 4.79 Å². The molecule has 1 unspecified atom stereocenters. The minimum Gasteiger partial charge on any atom is -0.392 e. The van der Waals surface area contributed by atoms with E-state index in [4.69, 9.17) is 29.6 Å². The minimum atomic E-state index is -0.596. The van der Waals surface area contributed by atoms with Crippen molar-refractivity contribution in [1.29, 1.82) is 0 Å². The molecule has 0 aliphatic carbocycles. The molecule has 0 radical (unpaired) electrons. The van der Waals surface area contributed by atoms with Crippen LogP contribution in [0.15, 0.2) is 42.5 Å². The highest BCUT2D eigenvalue weighted by Crippen LogP contribution is 2.24. The molecule has 0 bridgehead atoms. The molecule has 0 aliphatic heterocycles. The van der Waals surface area contributed by atoms with Gasteiger partial charge in [0.1, 0.15) is 5.92 Å². The summed E-state index contributed by atoms with van der Waals surface area (Å²) in [6.07, 6.45) is 0. The van der Waals surface area contributed by atoms with Crippen molar-refractivity contribution >= 4 is 46.1 Å². The molecule has 2 aromatic rings. The van der Waals surface area contributed by atoms with Gasteiger partial charge in [-0.05, 0) is 17.7 Å². The number of carbonyl (C=O) groups is 1. The first kappa shape index (κ1) is 15.9. The third kappa shape index (κ3) is 4.03. The molecule has 2 rings (SSSR count). The van der Waals surface area contributed by atoms with Gasteiger partial charge in [-0.1, -0.05) is 54.2 Å². The second-order valence-corrected chi connectivity index (χ2v) is 6.92. The van der Waals surface area contributed by atoms with Gasteiger partial charge >= 0.3 is 0 Å². The van der Waals surface area contributed by atoms with Gasteiger partial charge in [0.05, 0.1) is 15.9 Å². The highest BCUT2D eigenvalue weighted by Gasteiger charge is 2.26. The Bertz CT molecular complexity index is 642. The summed E-state index contributed by atoms with van der Waals surface area (Å²) in [6, 6.07) is 13.1. The topological polar surface area (TPSA) is 46.3 Å². The maximum absolute atomic E-state index is 12.6. The van der Waals surface area contributed by atoms with E-state index >= 15 is 0 Å². The molecule has 1 heterocycles. The number of likely N-dealkylation sites (N-methyl/N-ethyl adjacent to an activating group) is 1. The van der Waals surface area contributed by atoms with E-state index in [2.05, 4.69) is 0 Å². The number of thiophene rings is 1. The van der Waals surface area contributed by atoms with Gasteiger partial charge in [0.25, 0.3) is 0 Å². The molecule has 21 heavy (non-hydrogen) atoms. The fourth-order valence-electron chi connectivity index (χ4n) is 2.04. The molecule has 0 spiro atoms. The van der Waals surface area contributed by atoms with Crippen LogP contribution >= 0.6 is 35.2 Å². The summed E-state index contributed by atoms with van der Waals surface area (Å²) in [5, 5.41) is 0. The minimum absolute atomic E-state index is 0.113. The summed E-state index contributed by atoms with van der Waals surface area (Å²) in [4.78, 5) is 15.5. The Morgan fingerprint density at radius 1 is 1.33 bits per heavy atom. The molecular weight excluding hydrogens is 324 g/mol. The number of thiocarbonyl (C=S) groups is 1. The Labute approximate surface area is 138 Å². The predicted molar refractivity (Wildman–Crippen MR) is 91.8 cm³/mol. The predicted octanol–water partition coefficient (Wildman–Crippen LogP) is 3.43. The number of benzene rings is 1. The first-order chi connectivity index (χ1) is 9.99. The van der Waals surface area contributed by atoms with E-state index in [0.29, 0.717) is 10.9 Å². The van der Waals surface area contributed by atoms with Crippen LogP contribution in [0.3, 0.4) is 0 Å². The van der Waals surface area contributed by atoms with Crippen molar-refractivity contribution in [2.24, 2.45) is 5.73 Å². The molecule has 1 atom stereocenters. The molecule has 2 N–H and O–H groups in total. The Hall–Kier alpha value is -1.43. The van der Waals surface area contributed by atoms with Gasteiger partial charge in [-0.2, -0.15) is 0 Å². The largest absolute Gasteiger partial charge is 0.392 e. The van der Waals surface area contributed by atoms with Gasteiger partial charge in [-0.3, -0.25) is 4.79 Å². The number of halogens is 1. The monoisotopic (exact) mass is 338 g/mol. The standard InChI is InChI=1S/C15H15ClN2OS2/c1-18(9-11-7-8-12(16)21-11)15(19)13(14(17)20)10-5-3-2-4-6-10/h2-8,13H,9H2,1H3,(H2,17,20). The van der Waals surface area contributed by atoms with Crippen LogP contribution in [-0.2, 0) is 11.3 Å². The maximum Gasteiger partial charge on any atom is 0.237 e. The van der Waals surface area contributed by atoms with Crippen LogP contribution in [0, 0.1) is 0 Å². The van der Waals surface area contributed by atoms with E-state index in [1.807, 2.05) is 42.5 Å². The summed E-state index contributed by atoms with van der Waals surface area (Å²) in [5.74, 6) is -0.708. The number of nitrogens with two attached hydrogens (primary N) is 1. The van der Waals surface area contributed by atoms with Crippen LogP contribution in [0.5, 0.6) is 0 Å². The maximum atomic E-state index is 12.6. The zero-order chi connectivity index (χ0) is 15.4. The Kier molecular flexibility index (Phi) is 5.33. The zero-order valence-electron chi connectivity index (χ0n) is 11.5. The van der Waals surface area contributed by atoms with Crippen molar-refractivity contribution in [3.05, 3.63) is 57.2 Å². The van der Waals surface area contributed by atoms with Crippen LogP contribution in [0.25, 0.3) is 0 Å². The molecule has 1 aromatic carbocycles. The fraction of sp³-hybridized carbons (Fsp3) is 0.200. The highest BCUT2D eigenvalue weighted by atomic mass is 35.5. The van der Waals surface area contributed by atoms with Crippen molar-refractivity contribution in [3.8, 4) is 0 Å². The second kappa shape index (κ2) is 7.02. The van der Waals surface area contributed by atoms with E-state index < -0.39 is 5.92 Å². The van der Waals surface area contributed by atoms with Crippen molar-refractivity contribution in [2.75, 3.05) is 7.05 Å². The van der Waals surface area contributed by atoms with Gasteiger partial charge in [0.2, 0.25) is 5.91 Å². The van der Waals surface area contributed by atoms with Gasteiger partial charge in [-0.15, -0.1) is 11.3 Å². The molecular formula is C15H15ClN2OS2. The van der Waals surface area contributed by atoms with Crippen molar-refractivity contribution < 1.29 is 4.79 Å². The smallest absolute Gasteiger partial charge is 0.237 e. The molecule has 0 aliphatic rings. The van der Waals surface area contributed by atoms with Crippen molar-refractivity contribution in [1.82, 2.24) is 4.90 Å². The fourth-order valence-corrected chi connectivity index (χ4v) is 3.42. The molecule has 1 amide bonds. The van der Waals surface area contributed by atoms with Crippen LogP contribution in [-0.4, -0.2) is 22.8 Å². The molecule has 0 fully saturated rings. The Balaban J connectivity index is 2.17. The molecule has 0 saturated heterocycles. The van der Waals surface area contributed by atoms with Crippen LogP contribution in [0.4, 0.5) is 0 Å². The van der Waals surface area contributed by atoms with Gasteiger partial charge < -0.3 is 10.6 Å². The number of amides is 1. The average molecular weight is 339 g/mol. The number of carbonyl (C=O) groups excluding carboxylic acids is 1. The van der Waals surface area contributed by atoms with E-state index in [1.54, 1.807) is 11.9 Å². The lowest BCUT2D eigenvalue weighted by Crippen LogP contribution is -2.37. The van der Waals surface area contributed by atoms with Crippen LogP contribution in [0.1, 0.15) is 16.4 Å². The van der Waals surface area contributed by atoms with Gasteiger partial charge in [0, 0.05) is 11.9 Å². The van der Waals surface area contributed by atoms with Crippen LogP contribution in [0.2, 0.25) is 4.34 Å². The number of hydrogen-bond acceptors (Lipinski definition) is 3. The molecule has 6 heteroatoms. The summed E-state index contributed by atoms with van der Waals surface area (Å²) in [6.45, 7) is 0.488. The zero-order valence-corrected chi connectivity index (χ0v) is 13.8. The quantitative estimate of drug-likeness (QED) is 0.849. The normalized spacial score (nSPS) is 11.9. The molecule has 110 valence electrons. The molecule has 1 aromatic heterocycles. The first-order valence-corrected chi connectivity index (χ1v) is 7.92. The lowest BCUT2D eigenvalue weighted by Gasteiger charge is -2.23. The summed E-state index contributed by atoms with van der Waals surface area (Å²) in [7, 11) is 1.74. The lowest BCUT2D eigenvalue weighted by atomic mass is 9.97. The van der Waals surface area contributed by atoms with Crippen LogP contribution < -0.4 is 5.73 Å². The van der Waals surface area contributed by atoms with E-state index in [0.717, 1.165) is 10.4 Å². The molecule has 0 saturated carbocycles. The average Bonchev–Trinajstić information content (AvgIpc) is 2.85.